The minimum absolute atomic E-state index is 0.213. The summed E-state index contributed by atoms with van der Waals surface area (Å²) in [5.41, 5.74) is 1.30. The van der Waals surface area contributed by atoms with Gasteiger partial charge in [0.15, 0.2) is 0 Å². The van der Waals surface area contributed by atoms with Crippen LogP contribution in [0.25, 0.3) is 0 Å². The Bertz CT molecular complexity index is 374. The summed E-state index contributed by atoms with van der Waals surface area (Å²) in [5, 5.41) is 0. The zero-order valence-corrected chi connectivity index (χ0v) is 17.5. The molecule has 0 unspecified atom stereocenters. The molecular weight excluding hydrogens is 324 g/mol. The molecule has 0 atom stereocenters. The zero-order valence-electron chi connectivity index (χ0n) is 17.5. The fourth-order valence-electron chi connectivity index (χ4n) is 2.79. The maximum absolute atomic E-state index is 11.7. The molecule has 0 aliphatic heterocycles. The second-order valence-electron chi connectivity index (χ2n) is 7.43. The highest BCUT2D eigenvalue weighted by molar-refractivity contribution is 5.87. The van der Waals surface area contributed by atoms with E-state index >= 15 is 0 Å². The van der Waals surface area contributed by atoms with E-state index in [1.54, 1.807) is 0 Å². The highest BCUT2D eigenvalue weighted by atomic mass is 16.5. The molecule has 152 valence electrons. The predicted molar refractivity (Wildman–Crippen MR) is 111 cm³/mol. The van der Waals surface area contributed by atoms with Crippen molar-refractivity contribution in [2.75, 3.05) is 19.8 Å². The minimum atomic E-state index is -0.342. The van der Waals surface area contributed by atoms with Gasteiger partial charge in [0.05, 0.1) is 25.4 Å². The van der Waals surface area contributed by atoms with Gasteiger partial charge in [-0.3, -0.25) is 0 Å². The van der Waals surface area contributed by atoms with Gasteiger partial charge < -0.3 is 9.47 Å². The molecule has 0 saturated carbocycles. The van der Waals surface area contributed by atoms with E-state index in [-0.39, 0.29) is 12.6 Å². The van der Waals surface area contributed by atoms with Gasteiger partial charge in [0.1, 0.15) is 0 Å². The Morgan fingerprint density at radius 3 is 1.65 bits per heavy atom. The molecule has 0 N–H and O–H groups in total. The molecule has 0 aromatic heterocycles. The summed E-state index contributed by atoms with van der Waals surface area (Å²) in [4.78, 5) is 11.7. The summed E-state index contributed by atoms with van der Waals surface area (Å²) in [6, 6.07) is 0. The third kappa shape index (κ3) is 17.7. The molecule has 0 saturated heterocycles. The van der Waals surface area contributed by atoms with Crippen molar-refractivity contribution >= 4 is 5.97 Å². The van der Waals surface area contributed by atoms with E-state index in [4.69, 9.17) is 9.47 Å². The standard InChI is InChI=1S/C23H42O3/c1-5-6-7-8-9-10-11-12-13-14-15-16-17-18-26-23(24)22(4)20-25-19-21(2)3/h2,4-20H2,1,3H3. The molecule has 0 radical (unpaired) electrons. The monoisotopic (exact) mass is 366 g/mol. The molecule has 0 aliphatic rings. The number of hydrogen-bond acceptors (Lipinski definition) is 3. The largest absolute Gasteiger partial charge is 0.462 e. The average Bonchev–Trinajstić information content (AvgIpc) is 2.61. The fraction of sp³-hybridized carbons (Fsp3) is 0.783. The van der Waals surface area contributed by atoms with Gasteiger partial charge in [-0.15, -0.1) is 0 Å². The molecule has 0 aromatic rings. The van der Waals surface area contributed by atoms with Gasteiger partial charge in [-0.25, -0.2) is 4.79 Å². The quantitative estimate of drug-likeness (QED) is 0.109. The molecule has 0 bridgehead atoms. The first kappa shape index (κ1) is 24.9. The van der Waals surface area contributed by atoms with Gasteiger partial charge in [-0.2, -0.15) is 0 Å². The predicted octanol–water partition coefficient (Wildman–Crippen LogP) is 6.77. The first-order chi connectivity index (χ1) is 12.6. The van der Waals surface area contributed by atoms with Gasteiger partial charge in [-0.05, 0) is 13.3 Å². The van der Waals surface area contributed by atoms with Crippen molar-refractivity contribution in [1.82, 2.24) is 0 Å². The summed E-state index contributed by atoms with van der Waals surface area (Å²) in [7, 11) is 0. The third-order valence-electron chi connectivity index (χ3n) is 4.39. The van der Waals surface area contributed by atoms with Crippen molar-refractivity contribution in [3.63, 3.8) is 0 Å². The molecular formula is C23H42O3. The molecule has 3 heteroatoms. The summed E-state index contributed by atoms with van der Waals surface area (Å²) in [5.74, 6) is -0.342. The lowest BCUT2D eigenvalue weighted by Crippen LogP contribution is -2.13. The van der Waals surface area contributed by atoms with Crippen molar-refractivity contribution in [2.24, 2.45) is 0 Å². The van der Waals surface area contributed by atoms with Crippen LogP contribution in [0.4, 0.5) is 0 Å². The number of carbonyl (C=O) groups excluding carboxylic acids is 1. The summed E-state index contributed by atoms with van der Waals surface area (Å²) in [6.07, 6.45) is 17.1. The number of carbonyl (C=O) groups is 1. The van der Waals surface area contributed by atoms with Gasteiger partial charge in [0.2, 0.25) is 0 Å². The van der Waals surface area contributed by atoms with E-state index < -0.39 is 0 Å². The minimum Gasteiger partial charge on any atom is -0.462 e. The third-order valence-corrected chi connectivity index (χ3v) is 4.39. The summed E-state index contributed by atoms with van der Waals surface area (Å²) in [6.45, 7) is 12.7. The van der Waals surface area contributed by atoms with Crippen LogP contribution in [0.15, 0.2) is 24.3 Å². The molecule has 3 nitrogen and oxygen atoms in total. The molecule has 0 heterocycles. The van der Waals surface area contributed by atoms with Crippen LogP contribution < -0.4 is 0 Å². The Labute approximate surface area is 162 Å². The smallest absolute Gasteiger partial charge is 0.335 e. The van der Waals surface area contributed by atoms with Crippen LogP contribution in [0.1, 0.15) is 97.3 Å². The Balaban J connectivity index is 3.28. The normalized spacial score (nSPS) is 10.7. The van der Waals surface area contributed by atoms with E-state index in [0.717, 1.165) is 18.4 Å². The Morgan fingerprint density at radius 1 is 0.731 bits per heavy atom. The van der Waals surface area contributed by atoms with Gasteiger partial charge in [-0.1, -0.05) is 103 Å². The molecule has 0 amide bonds. The van der Waals surface area contributed by atoms with E-state index in [1.165, 1.54) is 70.6 Å². The van der Waals surface area contributed by atoms with Crippen molar-refractivity contribution in [3.8, 4) is 0 Å². The number of unbranched alkanes of at least 4 members (excludes halogenated alkanes) is 12. The fourth-order valence-corrected chi connectivity index (χ4v) is 2.79. The molecule has 0 spiro atoms. The lowest BCUT2D eigenvalue weighted by molar-refractivity contribution is -0.139. The number of esters is 1. The first-order valence-corrected chi connectivity index (χ1v) is 10.6. The molecule has 26 heavy (non-hydrogen) atoms. The molecule has 0 aliphatic carbocycles. The van der Waals surface area contributed by atoms with E-state index in [2.05, 4.69) is 20.1 Å². The van der Waals surface area contributed by atoms with Crippen molar-refractivity contribution in [3.05, 3.63) is 24.3 Å². The highest BCUT2D eigenvalue weighted by Gasteiger charge is 2.08. The molecule has 0 aromatic carbocycles. The summed E-state index contributed by atoms with van der Waals surface area (Å²) < 4.78 is 10.5. The Morgan fingerprint density at radius 2 is 1.19 bits per heavy atom. The van der Waals surface area contributed by atoms with Crippen LogP contribution >= 0.6 is 0 Å². The van der Waals surface area contributed by atoms with Gasteiger partial charge in [0, 0.05) is 0 Å². The van der Waals surface area contributed by atoms with Crippen molar-refractivity contribution in [1.29, 1.82) is 0 Å². The molecule has 0 rings (SSSR count). The van der Waals surface area contributed by atoms with Gasteiger partial charge in [0.25, 0.3) is 0 Å². The van der Waals surface area contributed by atoms with Crippen LogP contribution in [-0.4, -0.2) is 25.8 Å². The average molecular weight is 367 g/mol. The topological polar surface area (TPSA) is 35.5 Å². The number of hydrogen-bond donors (Lipinski definition) is 0. The zero-order chi connectivity index (χ0) is 19.5. The second kappa shape index (κ2) is 18.7. The van der Waals surface area contributed by atoms with Crippen LogP contribution in [0, 0.1) is 0 Å². The Hall–Kier alpha value is -1.09. The maximum atomic E-state index is 11.7. The first-order valence-electron chi connectivity index (χ1n) is 10.6. The van der Waals surface area contributed by atoms with Crippen LogP contribution in [-0.2, 0) is 14.3 Å². The van der Waals surface area contributed by atoms with Gasteiger partial charge >= 0.3 is 5.97 Å². The van der Waals surface area contributed by atoms with E-state index in [1.807, 2.05) is 6.92 Å². The van der Waals surface area contributed by atoms with E-state index in [0.29, 0.717) is 18.8 Å². The number of rotatable bonds is 19. The number of ether oxygens (including phenoxy) is 2. The highest BCUT2D eigenvalue weighted by Crippen LogP contribution is 2.12. The van der Waals surface area contributed by atoms with Crippen LogP contribution in [0.5, 0.6) is 0 Å². The van der Waals surface area contributed by atoms with E-state index in [9.17, 15) is 4.79 Å². The van der Waals surface area contributed by atoms with Crippen molar-refractivity contribution < 1.29 is 14.3 Å². The lowest BCUT2D eigenvalue weighted by atomic mass is 10.0. The SMILES string of the molecule is C=C(C)COCC(=C)C(=O)OCCCCCCCCCCCCCCC. The lowest BCUT2D eigenvalue weighted by Gasteiger charge is -2.08. The second-order valence-corrected chi connectivity index (χ2v) is 7.43. The molecule has 0 fully saturated rings. The Kier molecular flexibility index (Phi) is 17.9. The van der Waals surface area contributed by atoms with Crippen LogP contribution in [0.2, 0.25) is 0 Å². The summed E-state index contributed by atoms with van der Waals surface area (Å²) >= 11 is 0. The maximum Gasteiger partial charge on any atom is 0.335 e. The van der Waals surface area contributed by atoms with Crippen molar-refractivity contribution in [2.45, 2.75) is 97.3 Å². The van der Waals surface area contributed by atoms with Crippen LogP contribution in [0.3, 0.4) is 0 Å².